The van der Waals surface area contributed by atoms with E-state index in [2.05, 4.69) is 10.6 Å². The highest BCUT2D eigenvalue weighted by molar-refractivity contribution is 5.80. The first-order valence-corrected chi connectivity index (χ1v) is 7.68. The van der Waals surface area contributed by atoms with Crippen molar-refractivity contribution in [3.05, 3.63) is 60.2 Å². The third kappa shape index (κ3) is 3.63. The number of furan rings is 2. The summed E-state index contributed by atoms with van der Waals surface area (Å²) in [5.74, 6) is 1.47. The fraction of sp³-hybridized carbons (Fsp3) is 0.278. The zero-order valence-electron chi connectivity index (χ0n) is 13.2. The molecular formula is C18H20N2O3. The van der Waals surface area contributed by atoms with Gasteiger partial charge >= 0.3 is 0 Å². The van der Waals surface area contributed by atoms with Crippen LogP contribution in [0.15, 0.2) is 57.6 Å². The second-order valence-electron chi connectivity index (χ2n) is 5.59. The summed E-state index contributed by atoms with van der Waals surface area (Å²) in [4.78, 5) is 12.1. The van der Waals surface area contributed by atoms with Gasteiger partial charge in [0, 0.05) is 5.39 Å². The lowest BCUT2D eigenvalue weighted by Gasteiger charge is -2.14. The molecule has 0 aliphatic rings. The molecule has 23 heavy (non-hydrogen) atoms. The lowest BCUT2D eigenvalue weighted by molar-refractivity contribution is -0.121. The molecule has 0 aliphatic carbocycles. The van der Waals surface area contributed by atoms with Crippen LogP contribution in [0.3, 0.4) is 0 Å². The molecular weight excluding hydrogens is 292 g/mol. The topological polar surface area (TPSA) is 67.4 Å². The van der Waals surface area contributed by atoms with E-state index in [-0.39, 0.29) is 24.5 Å². The second-order valence-corrected chi connectivity index (χ2v) is 5.59. The average molecular weight is 312 g/mol. The Morgan fingerprint density at radius 2 is 1.91 bits per heavy atom. The van der Waals surface area contributed by atoms with Crippen molar-refractivity contribution in [1.29, 1.82) is 0 Å². The van der Waals surface area contributed by atoms with Crippen molar-refractivity contribution in [2.45, 2.75) is 25.9 Å². The molecule has 5 nitrogen and oxygen atoms in total. The van der Waals surface area contributed by atoms with Crippen LogP contribution < -0.4 is 10.6 Å². The van der Waals surface area contributed by atoms with E-state index in [1.165, 1.54) is 0 Å². The molecule has 0 spiro atoms. The van der Waals surface area contributed by atoms with Crippen molar-refractivity contribution < 1.29 is 13.6 Å². The predicted octanol–water partition coefficient (Wildman–Crippen LogP) is 3.55. The van der Waals surface area contributed by atoms with Gasteiger partial charge in [0.25, 0.3) is 0 Å². The van der Waals surface area contributed by atoms with Gasteiger partial charge in [0.05, 0.1) is 24.9 Å². The molecule has 0 fully saturated rings. The molecule has 3 rings (SSSR count). The van der Waals surface area contributed by atoms with Crippen molar-refractivity contribution in [2.75, 3.05) is 6.54 Å². The number of carbonyl (C=O) groups is 1. The zero-order valence-corrected chi connectivity index (χ0v) is 13.2. The molecule has 0 saturated heterocycles. The van der Waals surface area contributed by atoms with E-state index >= 15 is 0 Å². The lowest BCUT2D eigenvalue weighted by atomic mass is 10.2. The summed E-state index contributed by atoms with van der Waals surface area (Å²) in [6.45, 7) is 4.08. The molecule has 0 unspecified atom stereocenters. The molecule has 2 atom stereocenters. The van der Waals surface area contributed by atoms with Gasteiger partial charge < -0.3 is 14.2 Å². The minimum Gasteiger partial charge on any atom is -0.468 e. The summed E-state index contributed by atoms with van der Waals surface area (Å²) in [6, 6.07) is 13.3. The fourth-order valence-corrected chi connectivity index (χ4v) is 2.46. The Bertz CT molecular complexity index is 744. The standard InChI is InChI=1S/C18H20N2O3/c1-12(15-8-5-9-22-15)19-11-18(21)20-13(2)17-10-14-6-3-4-7-16(14)23-17/h3-10,12-13,19H,11H2,1-2H3,(H,20,21)/t12-,13-/m0/s1. The predicted molar refractivity (Wildman–Crippen MR) is 87.9 cm³/mol. The van der Waals surface area contributed by atoms with Crippen LogP contribution in [0.4, 0.5) is 0 Å². The number of para-hydroxylation sites is 1. The molecule has 1 aromatic carbocycles. The largest absolute Gasteiger partial charge is 0.468 e. The van der Waals surface area contributed by atoms with Crippen LogP contribution in [0.1, 0.15) is 37.5 Å². The quantitative estimate of drug-likeness (QED) is 0.730. The third-order valence-electron chi connectivity index (χ3n) is 3.79. The first-order chi connectivity index (χ1) is 11.1. The number of fused-ring (bicyclic) bond motifs is 1. The van der Waals surface area contributed by atoms with E-state index in [9.17, 15) is 4.79 Å². The number of hydrogen-bond donors (Lipinski definition) is 2. The number of amides is 1. The van der Waals surface area contributed by atoms with Gasteiger partial charge in [-0.15, -0.1) is 0 Å². The van der Waals surface area contributed by atoms with Crippen LogP contribution in [-0.2, 0) is 4.79 Å². The number of benzene rings is 1. The monoisotopic (exact) mass is 312 g/mol. The zero-order chi connectivity index (χ0) is 16.2. The molecule has 0 bridgehead atoms. The molecule has 0 radical (unpaired) electrons. The van der Waals surface area contributed by atoms with Gasteiger partial charge in [0.15, 0.2) is 0 Å². The van der Waals surface area contributed by atoms with Gasteiger partial charge in [0.1, 0.15) is 17.1 Å². The van der Waals surface area contributed by atoms with Crippen molar-refractivity contribution in [3.63, 3.8) is 0 Å². The van der Waals surface area contributed by atoms with Crippen molar-refractivity contribution in [1.82, 2.24) is 10.6 Å². The average Bonchev–Trinajstić information content (AvgIpc) is 3.21. The van der Waals surface area contributed by atoms with E-state index in [1.807, 2.05) is 56.3 Å². The van der Waals surface area contributed by atoms with Gasteiger partial charge in [-0.25, -0.2) is 0 Å². The van der Waals surface area contributed by atoms with Gasteiger partial charge in [-0.3, -0.25) is 10.1 Å². The highest BCUT2D eigenvalue weighted by atomic mass is 16.3. The van der Waals surface area contributed by atoms with E-state index in [0.717, 1.165) is 22.5 Å². The van der Waals surface area contributed by atoms with Crippen molar-refractivity contribution in [3.8, 4) is 0 Å². The fourth-order valence-electron chi connectivity index (χ4n) is 2.46. The lowest BCUT2D eigenvalue weighted by Crippen LogP contribution is -2.36. The Morgan fingerprint density at radius 3 is 2.65 bits per heavy atom. The maximum absolute atomic E-state index is 12.1. The Balaban J connectivity index is 1.54. The van der Waals surface area contributed by atoms with E-state index in [4.69, 9.17) is 8.83 Å². The molecule has 120 valence electrons. The summed E-state index contributed by atoms with van der Waals surface area (Å²) >= 11 is 0. The second kappa shape index (κ2) is 6.71. The van der Waals surface area contributed by atoms with E-state index in [0.29, 0.717) is 0 Å². The molecule has 2 aromatic heterocycles. The summed E-state index contributed by atoms with van der Waals surface area (Å²) in [6.07, 6.45) is 1.62. The molecule has 3 aromatic rings. The minimum absolute atomic E-state index is 0.0164. The number of rotatable bonds is 6. The molecule has 0 saturated carbocycles. The van der Waals surface area contributed by atoms with E-state index < -0.39 is 0 Å². The number of hydrogen-bond acceptors (Lipinski definition) is 4. The van der Waals surface area contributed by atoms with Crippen molar-refractivity contribution in [2.24, 2.45) is 0 Å². The van der Waals surface area contributed by atoms with Crippen LogP contribution in [0.5, 0.6) is 0 Å². The first kappa shape index (κ1) is 15.4. The smallest absolute Gasteiger partial charge is 0.234 e. The van der Waals surface area contributed by atoms with Crippen molar-refractivity contribution >= 4 is 16.9 Å². The van der Waals surface area contributed by atoms with Crippen LogP contribution in [0.2, 0.25) is 0 Å². The van der Waals surface area contributed by atoms with Gasteiger partial charge in [0.2, 0.25) is 5.91 Å². The maximum Gasteiger partial charge on any atom is 0.234 e. The van der Waals surface area contributed by atoms with Crippen LogP contribution in [-0.4, -0.2) is 12.5 Å². The number of carbonyl (C=O) groups excluding carboxylic acids is 1. The highest BCUT2D eigenvalue weighted by Crippen LogP contribution is 2.23. The summed E-state index contributed by atoms with van der Waals surface area (Å²) in [7, 11) is 0. The van der Waals surface area contributed by atoms with Gasteiger partial charge in [-0.05, 0) is 38.1 Å². The van der Waals surface area contributed by atoms with Crippen LogP contribution in [0.25, 0.3) is 11.0 Å². The molecule has 2 N–H and O–H groups in total. The summed E-state index contributed by atoms with van der Waals surface area (Å²) in [5, 5.41) is 7.10. The number of nitrogens with one attached hydrogen (secondary N) is 2. The highest BCUT2D eigenvalue weighted by Gasteiger charge is 2.15. The Morgan fingerprint density at radius 1 is 1.09 bits per heavy atom. The van der Waals surface area contributed by atoms with Gasteiger partial charge in [-0.2, -0.15) is 0 Å². The Labute approximate surface area is 134 Å². The molecule has 5 heteroatoms. The third-order valence-corrected chi connectivity index (χ3v) is 3.79. The van der Waals surface area contributed by atoms with Crippen LogP contribution >= 0.6 is 0 Å². The first-order valence-electron chi connectivity index (χ1n) is 7.68. The summed E-state index contributed by atoms with van der Waals surface area (Å²) in [5.41, 5.74) is 0.827. The molecule has 1 amide bonds. The molecule has 0 aliphatic heterocycles. The Hall–Kier alpha value is -2.53. The SMILES string of the molecule is C[C@H](NCC(=O)N[C@@H](C)c1cc2ccccc2o1)c1ccco1. The maximum atomic E-state index is 12.1. The minimum atomic E-state index is -0.185. The van der Waals surface area contributed by atoms with Gasteiger partial charge in [-0.1, -0.05) is 18.2 Å². The van der Waals surface area contributed by atoms with Crippen LogP contribution in [0, 0.1) is 0 Å². The summed E-state index contributed by atoms with van der Waals surface area (Å²) < 4.78 is 11.1. The molecule has 2 heterocycles. The van der Waals surface area contributed by atoms with E-state index in [1.54, 1.807) is 6.26 Å². The normalized spacial score (nSPS) is 13.8. The Kier molecular flexibility index (Phi) is 4.48.